The van der Waals surface area contributed by atoms with Crippen LogP contribution in [0.4, 0.5) is 0 Å². The summed E-state index contributed by atoms with van der Waals surface area (Å²) < 4.78 is 0. The van der Waals surface area contributed by atoms with Gasteiger partial charge in [0.2, 0.25) is 5.96 Å². The summed E-state index contributed by atoms with van der Waals surface area (Å²) in [5.41, 5.74) is 5.01. The monoisotopic (exact) mass is 190 g/mol. The molecule has 0 aromatic rings. The van der Waals surface area contributed by atoms with Crippen molar-refractivity contribution in [2.75, 3.05) is 0 Å². The molecule has 1 rings (SSSR count). The van der Waals surface area contributed by atoms with E-state index in [2.05, 4.69) is 9.98 Å². The third-order valence-electron chi connectivity index (χ3n) is 1.12. The fourth-order valence-electron chi connectivity index (χ4n) is 0.649. The van der Waals surface area contributed by atoms with Crippen molar-refractivity contribution >= 4 is 28.6 Å². The van der Waals surface area contributed by atoms with E-state index in [9.17, 15) is 14.9 Å². The van der Waals surface area contributed by atoms with Gasteiger partial charge in [0, 0.05) is 4.92 Å². The Hall–Kier alpha value is -1.50. The lowest BCUT2D eigenvalue weighted by Crippen LogP contribution is -2.39. The van der Waals surface area contributed by atoms with Crippen molar-refractivity contribution in [1.82, 2.24) is 0 Å². The van der Waals surface area contributed by atoms with Crippen LogP contribution in [0.1, 0.15) is 0 Å². The van der Waals surface area contributed by atoms with E-state index in [1.54, 1.807) is 0 Å². The van der Waals surface area contributed by atoms with E-state index < -0.39 is 22.0 Å². The summed E-state index contributed by atoms with van der Waals surface area (Å²) in [6.07, 6.45) is 0. The maximum absolute atomic E-state index is 10.8. The molecule has 1 amide bonds. The molecule has 1 unspecified atom stereocenters. The lowest BCUT2D eigenvalue weighted by Gasteiger charge is -2.07. The van der Waals surface area contributed by atoms with Crippen molar-refractivity contribution in [3.8, 4) is 0 Å². The van der Waals surface area contributed by atoms with Crippen molar-refractivity contribution in [3.63, 3.8) is 0 Å². The highest BCUT2D eigenvalue weighted by molar-refractivity contribution is 6.69. The predicted molar refractivity (Wildman–Crippen MR) is 40.7 cm³/mol. The van der Waals surface area contributed by atoms with Crippen molar-refractivity contribution in [1.29, 1.82) is 0 Å². The second kappa shape index (κ2) is 2.86. The van der Waals surface area contributed by atoms with Gasteiger partial charge in [0.25, 0.3) is 0 Å². The second-order valence-electron chi connectivity index (χ2n) is 1.93. The first-order chi connectivity index (χ1) is 5.52. The Labute approximate surface area is 71.1 Å². The van der Waals surface area contributed by atoms with Crippen LogP contribution < -0.4 is 5.73 Å². The van der Waals surface area contributed by atoms with Crippen molar-refractivity contribution in [2.45, 2.75) is 6.04 Å². The summed E-state index contributed by atoms with van der Waals surface area (Å²) in [5.74, 6) is -1.36. The van der Waals surface area contributed by atoms with Gasteiger partial charge in [-0.05, 0) is 0 Å². The molecule has 1 atom stereocenters. The number of carbonyl (C=O) groups is 1. The van der Waals surface area contributed by atoms with Crippen LogP contribution in [0.5, 0.6) is 0 Å². The maximum atomic E-state index is 10.8. The van der Waals surface area contributed by atoms with Gasteiger partial charge in [-0.15, -0.1) is 0 Å². The van der Waals surface area contributed by atoms with Gasteiger partial charge in [0.05, 0.1) is 0 Å². The van der Waals surface area contributed by atoms with Crippen LogP contribution in [0.15, 0.2) is 9.98 Å². The highest BCUT2D eigenvalue weighted by atomic mass is 35.5. The summed E-state index contributed by atoms with van der Waals surface area (Å²) in [6.45, 7) is 0. The number of nitro groups is 1. The van der Waals surface area contributed by atoms with E-state index in [0.29, 0.717) is 0 Å². The molecule has 1 aliphatic rings. The van der Waals surface area contributed by atoms with E-state index in [1.165, 1.54) is 0 Å². The molecule has 1 aliphatic heterocycles. The normalized spacial score (nSPS) is 23.1. The van der Waals surface area contributed by atoms with Crippen LogP contribution in [0.25, 0.3) is 0 Å². The molecular formula is C4H3ClN4O3. The van der Waals surface area contributed by atoms with Gasteiger partial charge in [-0.1, -0.05) is 11.6 Å². The largest absolute Gasteiger partial charge is 0.368 e. The number of guanidine groups is 1. The minimum atomic E-state index is -1.70. The third kappa shape index (κ3) is 1.40. The van der Waals surface area contributed by atoms with Crippen LogP contribution in [0.2, 0.25) is 0 Å². The van der Waals surface area contributed by atoms with E-state index >= 15 is 0 Å². The Morgan fingerprint density at radius 1 is 1.58 bits per heavy atom. The predicted octanol–water partition coefficient (Wildman–Crippen LogP) is -0.876. The minimum absolute atomic E-state index is 0.358. The van der Waals surface area contributed by atoms with E-state index in [4.69, 9.17) is 17.3 Å². The summed E-state index contributed by atoms with van der Waals surface area (Å²) >= 11 is 5.29. The summed E-state index contributed by atoms with van der Waals surface area (Å²) in [6, 6.07) is -1.70. The molecular weight excluding hydrogens is 188 g/mol. The van der Waals surface area contributed by atoms with E-state index in [0.717, 1.165) is 0 Å². The number of rotatable bonds is 1. The Morgan fingerprint density at radius 2 is 2.17 bits per heavy atom. The molecule has 12 heavy (non-hydrogen) atoms. The zero-order valence-corrected chi connectivity index (χ0v) is 6.35. The van der Waals surface area contributed by atoms with Gasteiger partial charge < -0.3 is 5.73 Å². The quantitative estimate of drug-likeness (QED) is 0.428. The van der Waals surface area contributed by atoms with Gasteiger partial charge >= 0.3 is 11.9 Å². The summed E-state index contributed by atoms with van der Waals surface area (Å²) in [4.78, 5) is 26.5. The minimum Gasteiger partial charge on any atom is -0.368 e. The molecule has 7 nitrogen and oxygen atoms in total. The molecule has 2 N–H and O–H groups in total. The SMILES string of the molecule is NC1=NC(=O)C([N+](=O)[O-])C(Cl)=N1. The van der Waals surface area contributed by atoms with E-state index in [1.807, 2.05) is 0 Å². The number of amides is 1. The number of nitrogens with zero attached hydrogens (tertiary/aromatic N) is 3. The van der Waals surface area contributed by atoms with Crippen LogP contribution in [0, 0.1) is 10.1 Å². The molecule has 0 fully saturated rings. The lowest BCUT2D eigenvalue weighted by molar-refractivity contribution is -0.488. The average Bonchev–Trinajstić information content (AvgIpc) is 1.82. The number of carbonyl (C=O) groups excluding carboxylic acids is 1. The lowest BCUT2D eigenvalue weighted by atomic mass is 10.3. The van der Waals surface area contributed by atoms with Gasteiger partial charge in [0.15, 0.2) is 5.17 Å². The second-order valence-corrected chi connectivity index (χ2v) is 2.32. The van der Waals surface area contributed by atoms with Gasteiger partial charge in [0.1, 0.15) is 0 Å². The van der Waals surface area contributed by atoms with Crippen LogP contribution in [0.3, 0.4) is 0 Å². The maximum Gasteiger partial charge on any atom is 0.344 e. The molecule has 0 saturated heterocycles. The average molecular weight is 191 g/mol. The first-order valence-electron chi connectivity index (χ1n) is 2.78. The molecule has 0 aromatic heterocycles. The van der Waals surface area contributed by atoms with E-state index in [-0.39, 0.29) is 5.96 Å². The van der Waals surface area contributed by atoms with Crippen molar-refractivity contribution in [3.05, 3.63) is 10.1 Å². The molecule has 1 heterocycles. The molecule has 0 aromatic carbocycles. The molecule has 0 aliphatic carbocycles. The standard InChI is InChI=1S/C4H3ClN4O3/c5-2-1(9(11)12)3(10)8-4(6)7-2/h1H,(H2,6,8,10). The summed E-state index contributed by atoms with van der Waals surface area (Å²) in [5, 5.41) is 9.73. The Kier molecular flexibility index (Phi) is 2.05. The van der Waals surface area contributed by atoms with Crippen LogP contribution >= 0.6 is 11.6 Å². The van der Waals surface area contributed by atoms with Gasteiger partial charge in [-0.3, -0.25) is 14.9 Å². The number of hydrogen-bond acceptors (Lipinski definition) is 5. The van der Waals surface area contributed by atoms with Crippen molar-refractivity contribution < 1.29 is 9.72 Å². The highest BCUT2D eigenvalue weighted by Gasteiger charge is 2.37. The fourth-order valence-corrected chi connectivity index (χ4v) is 0.908. The van der Waals surface area contributed by atoms with Gasteiger partial charge in [-0.2, -0.15) is 9.98 Å². The summed E-state index contributed by atoms with van der Waals surface area (Å²) in [7, 11) is 0. The zero-order chi connectivity index (χ0) is 9.30. The van der Waals surface area contributed by atoms with Crippen LogP contribution in [-0.4, -0.2) is 28.0 Å². The number of hydrogen-bond donors (Lipinski definition) is 1. The molecule has 8 heteroatoms. The first-order valence-corrected chi connectivity index (χ1v) is 3.15. The zero-order valence-electron chi connectivity index (χ0n) is 5.60. The Bertz CT molecular complexity index is 309. The number of aliphatic imine (C=N–C) groups is 2. The molecule has 0 spiro atoms. The van der Waals surface area contributed by atoms with Crippen molar-refractivity contribution in [2.24, 2.45) is 15.7 Å². The molecule has 0 saturated carbocycles. The Morgan fingerprint density at radius 3 is 2.58 bits per heavy atom. The number of nitrogens with two attached hydrogens (primary N) is 1. The Balaban J connectivity index is 3.03. The first kappa shape index (κ1) is 8.60. The molecule has 64 valence electrons. The van der Waals surface area contributed by atoms with Crippen LogP contribution in [-0.2, 0) is 4.79 Å². The highest BCUT2D eigenvalue weighted by Crippen LogP contribution is 2.06. The number of halogens is 1. The van der Waals surface area contributed by atoms with Gasteiger partial charge in [-0.25, -0.2) is 0 Å². The third-order valence-corrected chi connectivity index (χ3v) is 1.41. The fraction of sp³-hybridized carbons (Fsp3) is 0.250. The topological polar surface area (TPSA) is 111 Å². The smallest absolute Gasteiger partial charge is 0.344 e. The molecule has 0 radical (unpaired) electrons. The molecule has 0 bridgehead atoms.